The molecule has 0 spiro atoms. The lowest BCUT2D eigenvalue weighted by molar-refractivity contribution is -0.125. The average Bonchev–Trinajstić information content (AvgIpc) is 2.36. The van der Waals surface area contributed by atoms with E-state index in [1.54, 1.807) is 0 Å². The smallest absolute Gasteiger partial charge is 0.224 e. The van der Waals surface area contributed by atoms with Crippen molar-refractivity contribution in [3.63, 3.8) is 0 Å². The third kappa shape index (κ3) is 5.30. The fourth-order valence-electron chi connectivity index (χ4n) is 1.90. The van der Waals surface area contributed by atoms with Gasteiger partial charge in [-0.3, -0.25) is 4.79 Å². The van der Waals surface area contributed by atoms with E-state index in [-0.39, 0.29) is 17.9 Å². The summed E-state index contributed by atoms with van der Waals surface area (Å²) in [6, 6.07) is 7.95. The van der Waals surface area contributed by atoms with Crippen molar-refractivity contribution < 1.29 is 9.53 Å². The van der Waals surface area contributed by atoms with Gasteiger partial charge in [0.25, 0.3) is 0 Å². The largest absolute Gasteiger partial charge is 0.494 e. The van der Waals surface area contributed by atoms with Gasteiger partial charge in [-0.2, -0.15) is 0 Å². The summed E-state index contributed by atoms with van der Waals surface area (Å²) in [4.78, 5) is 12.0. The summed E-state index contributed by atoms with van der Waals surface area (Å²) >= 11 is 0. The van der Waals surface area contributed by atoms with E-state index >= 15 is 0 Å². The van der Waals surface area contributed by atoms with E-state index in [9.17, 15) is 4.79 Å². The summed E-state index contributed by atoms with van der Waals surface area (Å²) in [6.07, 6.45) is 0.635. The van der Waals surface area contributed by atoms with E-state index in [1.807, 2.05) is 45.0 Å². The van der Waals surface area contributed by atoms with Crippen LogP contribution < -0.4 is 15.8 Å². The zero-order valence-corrected chi connectivity index (χ0v) is 12.0. The Labute approximate surface area is 115 Å². The molecule has 1 aromatic rings. The lowest BCUT2D eigenvalue weighted by Gasteiger charge is -2.17. The molecule has 1 atom stereocenters. The lowest BCUT2D eigenvalue weighted by atomic mass is 9.98. The first-order valence-corrected chi connectivity index (χ1v) is 6.79. The number of hydrogen-bond donors (Lipinski definition) is 2. The van der Waals surface area contributed by atoms with Crippen molar-refractivity contribution in [3.05, 3.63) is 29.8 Å². The van der Waals surface area contributed by atoms with E-state index in [0.717, 1.165) is 11.3 Å². The van der Waals surface area contributed by atoms with Gasteiger partial charge >= 0.3 is 0 Å². The molecular formula is C15H24N2O2. The Morgan fingerprint density at radius 3 is 2.74 bits per heavy atom. The van der Waals surface area contributed by atoms with Gasteiger partial charge in [0.2, 0.25) is 5.91 Å². The Balaban J connectivity index is 2.69. The second-order valence-electron chi connectivity index (χ2n) is 4.88. The van der Waals surface area contributed by atoms with Crippen LogP contribution in [-0.4, -0.2) is 25.1 Å². The summed E-state index contributed by atoms with van der Waals surface area (Å²) in [5.74, 6) is 0.652. The van der Waals surface area contributed by atoms with Crippen LogP contribution in [0.1, 0.15) is 26.3 Å². The van der Waals surface area contributed by atoms with Gasteiger partial charge in [-0.25, -0.2) is 0 Å². The summed E-state index contributed by atoms with van der Waals surface area (Å²) in [7, 11) is 0. The Bertz CT molecular complexity index is 405. The molecule has 0 aromatic heterocycles. The van der Waals surface area contributed by atoms with Crippen molar-refractivity contribution in [1.82, 2.24) is 5.32 Å². The van der Waals surface area contributed by atoms with Crippen LogP contribution in [0.25, 0.3) is 0 Å². The number of carbonyl (C=O) groups excluding carboxylic acids is 1. The zero-order valence-electron chi connectivity index (χ0n) is 12.0. The van der Waals surface area contributed by atoms with Crippen molar-refractivity contribution in [2.24, 2.45) is 11.7 Å². The monoisotopic (exact) mass is 264 g/mol. The molecule has 1 unspecified atom stereocenters. The van der Waals surface area contributed by atoms with Crippen molar-refractivity contribution in [3.8, 4) is 5.75 Å². The molecule has 1 aromatic carbocycles. The number of carbonyl (C=O) groups is 1. The number of rotatable bonds is 7. The Morgan fingerprint density at radius 1 is 1.42 bits per heavy atom. The SMILES string of the molecule is CCOc1cccc(CC(CN)C(=O)NC(C)C)c1. The van der Waals surface area contributed by atoms with Crippen molar-refractivity contribution in [2.45, 2.75) is 33.2 Å². The topological polar surface area (TPSA) is 64.3 Å². The summed E-state index contributed by atoms with van der Waals surface area (Å²) < 4.78 is 5.45. The van der Waals surface area contributed by atoms with Crippen LogP contribution >= 0.6 is 0 Å². The standard InChI is InChI=1S/C15H24N2O2/c1-4-19-14-7-5-6-12(9-14)8-13(10-16)15(18)17-11(2)3/h5-7,9,11,13H,4,8,10,16H2,1-3H3,(H,17,18). The summed E-state index contributed by atoms with van der Waals surface area (Å²) in [5, 5.41) is 2.90. The molecule has 0 aliphatic rings. The highest BCUT2D eigenvalue weighted by Crippen LogP contribution is 2.16. The quantitative estimate of drug-likeness (QED) is 0.788. The molecule has 3 N–H and O–H groups in total. The van der Waals surface area contributed by atoms with Crippen LogP contribution in [0.5, 0.6) is 5.75 Å². The highest BCUT2D eigenvalue weighted by atomic mass is 16.5. The number of nitrogens with one attached hydrogen (secondary N) is 1. The molecule has 0 aliphatic heterocycles. The van der Waals surface area contributed by atoms with Crippen LogP contribution in [0.2, 0.25) is 0 Å². The number of benzene rings is 1. The maximum Gasteiger partial charge on any atom is 0.224 e. The minimum absolute atomic E-state index is 0.0133. The molecule has 0 heterocycles. The van der Waals surface area contributed by atoms with E-state index < -0.39 is 0 Å². The van der Waals surface area contributed by atoms with Crippen LogP contribution in [-0.2, 0) is 11.2 Å². The van der Waals surface area contributed by atoms with Gasteiger partial charge in [-0.1, -0.05) is 12.1 Å². The average molecular weight is 264 g/mol. The predicted octanol–water partition coefficient (Wildman–Crippen LogP) is 1.73. The molecule has 0 saturated heterocycles. The molecule has 0 bridgehead atoms. The molecule has 4 heteroatoms. The fraction of sp³-hybridized carbons (Fsp3) is 0.533. The molecule has 0 fully saturated rings. The number of amides is 1. The molecule has 1 amide bonds. The van der Waals surface area contributed by atoms with Gasteiger partial charge in [-0.15, -0.1) is 0 Å². The lowest BCUT2D eigenvalue weighted by Crippen LogP contribution is -2.39. The van der Waals surface area contributed by atoms with Gasteiger partial charge in [0.1, 0.15) is 5.75 Å². The number of hydrogen-bond acceptors (Lipinski definition) is 3. The highest BCUT2D eigenvalue weighted by Gasteiger charge is 2.18. The summed E-state index contributed by atoms with van der Waals surface area (Å²) in [6.45, 7) is 6.82. The number of nitrogens with two attached hydrogens (primary N) is 1. The van der Waals surface area contributed by atoms with Crippen molar-refractivity contribution in [2.75, 3.05) is 13.2 Å². The molecule has 1 rings (SSSR count). The Kier molecular flexibility index (Phi) is 6.36. The van der Waals surface area contributed by atoms with Crippen molar-refractivity contribution in [1.29, 1.82) is 0 Å². The van der Waals surface area contributed by atoms with E-state index in [2.05, 4.69) is 5.32 Å². The summed E-state index contributed by atoms with van der Waals surface area (Å²) in [5.41, 5.74) is 6.77. The third-order valence-corrected chi connectivity index (χ3v) is 2.78. The Hall–Kier alpha value is -1.55. The fourth-order valence-corrected chi connectivity index (χ4v) is 1.90. The van der Waals surface area contributed by atoms with Crippen LogP contribution in [0.15, 0.2) is 24.3 Å². The van der Waals surface area contributed by atoms with Gasteiger partial charge in [0.15, 0.2) is 0 Å². The molecule has 0 aliphatic carbocycles. The predicted molar refractivity (Wildman–Crippen MR) is 77.1 cm³/mol. The van der Waals surface area contributed by atoms with Gasteiger partial charge in [0.05, 0.1) is 12.5 Å². The van der Waals surface area contributed by atoms with E-state index in [4.69, 9.17) is 10.5 Å². The maximum absolute atomic E-state index is 12.0. The van der Waals surface area contributed by atoms with Crippen molar-refractivity contribution >= 4 is 5.91 Å². The Morgan fingerprint density at radius 2 is 2.16 bits per heavy atom. The molecule has 4 nitrogen and oxygen atoms in total. The normalized spacial score (nSPS) is 12.3. The molecule has 0 radical (unpaired) electrons. The first-order chi connectivity index (χ1) is 9.06. The highest BCUT2D eigenvalue weighted by molar-refractivity contribution is 5.79. The molecular weight excluding hydrogens is 240 g/mol. The number of ether oxygens (including phenoxy) is 1. The van der Waals surface area contributed by atoms with Crippen LogP contribution in [0.3, 0.4) is 0 Å². The minimum Gasteiger partial charge on any atom is -0.494 e. The zero-order chi connectivity index (χ0) is 14.3. The molecule has 106 valence electrons. The van der Waals surface area contributed by atoms with Crippen LogP contribution in [0.4, 0.5) is 0 Å². The maximum atomic E-state index is 12.0. The van der Waals surface area contributed by atoms with Gasteiger partial charge in [-0.05, 0) is 44.9 Å². The molecule has 19 heavy (non-hydrogen) atoms. The van der Waals surface area contributed by atoms with Gasteiger partial charge in [0, 0.05) is 12.6 Å². The first-order valence-electron chi connectivity index (χ1n) is 6.79. The first kappa shape index (κ1) is 15.5. The second-order valence-corrected chi connectivity index (χ2v) is 4.88. The van der Waals surface area contributed by atoms with E-state index in [0.29, 0.717) is 19.6 Å². The van der Waals surface area contributed by atoms with Crippen LogP contribution in [0, 0.1) is 5.92 Å². The molecule has 0 saturated carbocycles. The minimum atomic E-state index is -0.195. The second kappa shape index (κ2) is 7.79. The van der Waals surface area contributed by atoms with Gasteiger partial charge < -0.3 is 15.8 Å². The van der Waals surface area contributed by atoms with E-state index in [1.165, 1.54) is 0 Å². The third-order valence-electron chi connectivity index (χ3n) is 2.78.